The molecule has 2 aromatic rings. The van der Waals surface area contributed by atoms with Crippen molar-refractivity contribution in [1.29, 1.82) is 0 Å². The maximum absolute atomic E-state index is 11.8. The summed E-state index contributed by atoms with van der Waals surface area (Å²) in [6, 6.07) is 5.35. The maximum Gasteiger partial charge on any atom is 0.250 e. The summed E-state index contributed by atoms with van der Waals surface area (Å²) < 4.78 is 7.58. The second-order valence-corrected chi connectivity index (χ2v) is 7.58. The van der Waals surface area contributed by atoms with Gasteiger partial charge in [0.15, 0.2) is 5.96 Å². The molecule has 7 heteroatoms. The normalized spacial score (nSPS) is 12.3. The molecule has 2 heterocycles. The van der Waals surface area contributed by atoms with Crippen LogP contribution in [0, 0.1) is 6.92 Å². The quantitative estimate of drug-likeness (QED) is 0.443. The van der Waals surface area contributed by atoms with Crippen molar-refractivity contribution in [2.75, 3.05) is 13.6 Å². The van der Waals surface area contributed by atoms with Gasteiger partial charge in [0.25, 0.3) is 5.56 Å². The van der Waals surface area contributed by atoms with Crippen LogP contribution in [0.2, 0.25) is 0 Å². The second kappa shape index (κ2) is 9.39. The van der Waals surface area contributed by atoms with E-state index in [2.05, 4.69) is 41.4 Å². The summed E-state index contributed by atoms with van der Waals surface area (Å²) in [6.07, 6.45) is 3.64. The molecule has 0 saturated carbocycles. The Hall–Kier alpha value is -2.57. The van der Waals surface area contributed by atoms with E-state index in [1.807, 2.05) is 17.6 Å². The van der Waals surface area contributed by atoms with Gasteiger partial charge in [-0.15, -0.1) is 0 Å². The van der Waals surface area contributed by atoms with Gasteiger partial charge in [0.1, 0.15) is 5.76 Å². The standard InChI is InChI=1S/C20H31N5O2/c1-15-9-8-10-18(26)25(15)12-7-6-11-22-19(21-5)24-14-17-23-13-16(27-17)20(2,3)4/h8-10,13H,6-7,11-12,14H2,1-5H3,(H2,21,22,24). The third kappa shape index (κ3) is 6.27. The van der Waals surface area contributed by atoms with Gasteiger partial charge in [-0.2, -0.15) is 0 Å². The van der Waals surface area contributed by atoms with Crippen molar-refractivity contribution in [3.8, 4) is 0 Å². The third-order valence-corrected chi connectivity index (χ3v) is 4.29. The van der Waals surface area contributed by atoms with Crippen LogP contribution in [-0.4, -0.2) is 29.1 Å². The van der Waals surface area contributed by atoms with Gasteiger partial charge in [0.05, 0.1) is 12.7 Å². The zero-order valence-corrected chi connectivity index (χ0v) is 17.0. The second-order valence-electron chi connectivity index (χ2n) is 7.58. The molecular formula is C20H31N5O2. The molecule has 0 bridgehead atoms. The lowest BCUT2D eigenvalue weighted by atomic mass is 9.94. The molecule has 0 aliphatic rings. The van der Waals surface area contributed by atoms with Gasteiger partial charge in [-0.3, -0.25) is 9.79 Å². The lowest BCUT2D eigenvalue weighted by Crippen LogP contribution is -2.37. The average molecular weight is 374 g/mol. The predicted octanol–water partition coefficient (Wildman–Crippen LogP) is 2.59. The van der Waals surface area contributed by atoms with Gasteiger partial charge in [-0.05, 0) is 25.8 Å². The molecule has 2 N–H and O–H groups in total. The zero-order valence-electron chi connectivity index (χ0n) is 17.0. The molecule has 0 radical (unpaired) electrons. The summed E-state index contributed by atoms with van der Waals surface area (Å²) in [6.45, 7) is 10.2. The van der Waals surface area contributed by atoms with Gasteiger partial charge in [0, 0.05) is 37.3 Å². The van der Waals surface area contributed by atoms with E-state index in [-0.39, 0.29) is 11.0 Å². The molecule has 0 unspecified atom stereocenters. The van der Waals surface area contributed by atoms with E-state index in [1.54, 1.807) is 25.4 Å². The Morgan fingerprint density at radius 2 is 2.04 bits per heavy atom. The minimum absolute atomic E-state index is 0.0513. The number of hydrogen-bond acceptors (Lipinski definition) is 4. The number of rotatable bonds is 7. The number of aliphatic imine (C=N–C) groups is 1. The molecule has 0 amide bonds. The Bertz CT molecular complexity index is 814. The number of guanidine groups is 1. The predicted molar refractivity (Wildman–Crippen MR) is 108 cm³/mol. The summed E-state index contributed by atoms with van der Waals surface area (Å²) in [5.74, 6) is 2.22. The number of nitrogens with one attached hydrogen (secondary N) is 2. The van der Waals surface area contributed by atoms with E-state index >= 15 is 0 Å². The van der Waals surface area contributed by atoms with Crippen LogP contribution in [0.5, 0.6) is 0 Å². The average Bonchev–Trinajstić information content (AvgIpc) is 3.09. The molecule has 0 fully saturated rings. The first-order valence-electron chi connectivity index (χ1n) is 9.37. The van der Waals surface area contributed by atoms with Crippen molar-refractivity contribution < 1.29 is 4.42 Å². The monoisotopic (exact) mass is 373 g/mol. The summed E-state index contributed by atoms with van der Waals surface area (Å²) in [5, 5.41) is 6.48. The largest absolute Gasteiger partial charge is 0.443 e. The lowest BCUT2D eigenvalue weighted by Gasteiger charge is -2.13. The van der Waals surface area contributed by atoms with E-state index in [4.69, 9.17) is 4.42 Å². The first-order chi connectivity index (χ1) is 12.8. The van der Waals surface area contributed by atoms with Crippen molar-refractivity contribution in [1.82, 2.24) is 20.2 Å². The maximum atomic E-state index is 11.8. The molecule has 2 aromatic heterocycles. The lowest BCUT2D eigenvalue weighted by molar-refractivity contribution is 0.379. The molecule has 7 nitrogen and oxygen atoms in total. The van der Waals surface area contributed by atoms with Crippen LogP contribution < -0.4 is 16.2 Å². The SMILES string of the molecule is CN=C(NCCCCn1c(C)cccc1=O)NCc1ncc(C(C)(C)C)o1. The highest BCUT2D eigenvalue weighted by Gasteiger charge is 2.19. The van der Waals surface area contributed by atoms with Crippen LogP contribution in [0.1, 0.15) is 51.0 Å². The Labute approximate surface area is 160 Å². The fourth-order valence-electron chi connectivity index (χ4n) is 2.63. The molecule has 2 rings (SSSR count). The van der Waals surface area contributed by atoms with Crippen molar-refractivity contribution in [3.05, 3.63) is 52.1 Å². The van der Waals surface area contributed by atoms with Crippen LogP contribution in [0.4, 0.5) is 0 Å². The minimum atomic E-state index is -0.0513. The Balaban J connectivity index is 1.71. The molecule has 27 heavy (non-hydrogen) atoms. The summed E-state index contributed by atoms with van der Waals surface area (Å²) in [5.41, 5.74) is 0.999. The van der Waals surface area contributed by atoms with E-state index in [0.717, 1.165) is 37.4 Å². The molecule has 0 saturated heterocycles. The molecule has 148 valence electrons. The Morgan fingerprint density at radius 3 is 2.67 bits per heavy atom. The molecule has 0 atom stereocenters. The van der Waals surface area contributed by atoms with E-state index in [9.17, 15) is 4.79 Å². The number of nitrogens with zero attached hydrogens (tertiary/aromatic N) is 3. The third-order valence-electron chi connectivity index (χ3n) is 4.29. The fourth-order valence-corrected chi connectivity index (χ4v) is 2.63. The van der Waals surface area contributed by atoms with Crippen molar-refractivity contribution in [3.63, 3.8) is 0 Å². The van der Waals surface area contributed by atoms with Crippen LogP contribution in [0.15, 0.2) is 38.6 Å². The number of aromatic nitrogens is 2. The molecule has 0 aliphatic carbocycles. The zero-order chi connectivity index (χ0) is 19.9. The topological polar surface area (TPSA) is 84.5 Å². The van der Waals surface area contributed by atoms with Gasteiger partial charge < -0.3 is 19.6 Å². The molecular weight excluding hydrogens is 342 g/mol. The highest BCUT2D eigenvalue weighted by Crippen LogP contribution is 2.22. The molecule has 0 aromatic carbocycles. The fraction of sp³-hybridized carbons (Fsp3) is 0.550. The van der Waals surface area contributed by atoms with E-state index in [0.29, 0.717) is 18.4 Å². The summed E-state index contributed by atoms with van der Waals surface area (Å²) in [7, 11) is 1.73. The number of aryl methyl sites for hydroxylation is 1. The number of pyridine rings is 1. The van der Waals surface area contributed by atoms with Gasteiger partial charge in [0.2, 0.25) is 5.89 Å². The summed E-state index contributed by atoms with van der Waals surface area (Å²) >= 11 is 0. The first kappa shape index (κ1) is 20.7. The highest BCUT2D eigenvalue weighted by atomic mass is 16.4. The number of hydrogen-bond donors (Lipinski definition) is 2. The van der Waals surface area contributed by atoms with E-state index in [1.165, 1.54) is 0 Å². The van der Waals surface area contributed by atoms with Crippen LogP contribution >= 0.6 is 0 Å². The van der Waals surface area contributed by atoms with Crippen molar-refractivity contribution >= 4 is 5.96 Å². The Morgan fingerprint density at radius 1 is 1.26 bits per heavy atom. The van der Waals surface area contributed by atoms with Gasteiger partial charge in [-0.1, -0.05) is 26.8 Å². The van der Waals surface area contributed by atoms with Crippen molar-refractivity contribution in [2.24, 2.45) is 4.99 Å². The van der Waals surface area contributed by atoms with Crippen molar-refractivity contribution in [2.45, 2.75) is 59.0 Å². The smallest absolute Gasteiger partial charge is 0.250 e. The number of unbranched alkanes of at least 4 members (excludes halogenated alkanes) is 1. The minimum Gasteiger partial charge on any atom is -0.443 e. The van der Waals surface area contributed by atoms with Gasteiger partial charge >= 0.3 is 0 Å². The highest BCUT2D eigenvalue weighted by molar-refractivity contribution is 5.79. The molecule has 0 spiro atoms. The summed E-state index contributed by atoms with van der Waals surface area (Å²) in [4.78, 5) is 20.4. The Kier molecular flexibility index (Phi) is 7.21. The van der Waals surface area contributed by atoms with Crippen LogP contribution in [0.25, 0.3) is 0 Å². The van der Waals surface area contributed by atoms with Gasteiger partial charge in [-0.25, -0.2) is 4.98 Å². The number of oxazole rings is 1. The molecule has 0 aliphatic heterocycles. The van der Waals surface area contributed by atoms with Crippen LogP contribution in [0.3, 0.4) is 0 Å². The van der Waals surface area contributed by atoms with E-state index < -0.39 is 0 Å². The first-order valence-corrected chi connectivity index (χ1v) is 9.37. The van der Waals surface area contributed by atoms with Crippen LogP contribution in [-0.2, 0) is 18.5 Å².